The molecule has 1 aromatic carbocycles. The topological polar surface area (TPSA) is 77.2 Å². The van der Waals surface area contributed by atoms with Gasteiger partial charge >= 0.3 is 6.03 Å². The molecule has 0 spiro atoms. The largest absolute Gasteiger partial charge is 0.395 e. The Morgan fingerprint density at radius 2 is 2.00 bits per heavy atom. The van der Waals surface area contributed by atoms with Gasteiger partial charge in [-0.3, -0.25) is 0 Å². The van der Waals surface area contributed by atoms with Gasteiger partial charge in [-0.15, -0.1) is 0 Å². The monoisotopic (exact) mass is 261 g/mol. The van der Waals surface area contributed by atoms with E-state index in [9.17, 15) is 4.79 Å². The normalized spacial score (nSPS) is 10.6. The lowest BCUT2D eigenvalue weighted by molar-refractivity contribution is 0.234. The molecule has 0 radical (unpaired) electrons. The van der Waals surface area contributed by atoms with Gasteiger partial charge in [-0.2, -0.15) is 0 Å². The molecule has 0 saturated heterocycles. The summed E-state index contributed by atoms with van der Waals surface area (Å²) in [6.07, 6.45) is 0.780. The van der Waals surface area contributed by atoms with Gasteiger partial charge in [0.25, 0.3) is 0 Å². The molecule has 2 amide bonds. The number of nitrogens with one attached hydrogen (secondary N) is 3. The molecule has 0 fully saturated rings. The van der Waals surface area contributed by atoms with E-state index in [1.165, 1.54) is 10.9 Å². The van der Waals surface area contributed by atoms with Gasteiger partial charge in [-0.05, 0) is 25.0 Å². The molecule has 19 heavy (non-hydrogen) atoms. The van der Waals surface area contributed by atoms with Crippen molar-refractivity contribution in [2.45, 2.75) is 13.3 Å². The first-order valence-corrected chi connectivity index (χ1v) is 6.41. The fraction of sp³-hybridized carbons (Fsp3) is 0.357. The maximum absolute atomic E-state index is 11.3. The van der Waals surface area contributed by atoms with Crippen molar-refractivity contribution in [3.05, 3.63) is 35.5 Å². The first kappa shape index (κ1) is 13.4. The van der Waals surface area contributed by atoms with E-state index < -0.39 is 0 Å². The maximum Gasteiger partial charge on any atom is 0.314 e. The van der Waals surface area contributed by atoms with Crippen LogP contribution in [0.4, 0.5) is 4.79 Å². The quantitative estimate of drug-likeness (QED) is 0.655. The number of aliphatic hydroxyl groups excluding tert-OH is 1. The second-order valence-electron chi connectivity index (χ2n) is 4.43. The Balaban J connectivity index is 1.94. The van der Waals surface area contributed by atoms with Gasteiger partial charge in [0.1, 0.15) is 0 Å². The van der Waals surface area contributed by atoms with Crippen molar-refractivity contribution in [2.24, 2.45) is 0 Å². The minimum Gasteiger partial charge on any atom is -0.395 e. The molecule has 1 aromatic heterocycles. The summed E-state index contributed by atoms with van der Waals surface area (Å²) in [7, 11) is 0. The Morgan fingerprint density at radius 3 is 2.79 bits per heavy atom. The number of rotatable bonds is 5. The van der Waals surface area contributed by atoms with E-state index in [-0.39, 0.29) is 19.2 Å². The highest BCUT2D eigenvalue weighted by atomic mass is 16.3. The number of carbonyl (C=O) groups excluding carboxylic acids is 1. The number of urea groups is 1. The minimum absolute atomic E-state index is 0.0467. The Labute approximate surface area is 112 Å². The van der Waals surface area contributed by atoms with Gasteiger partial charge < -0.3 is 20.7 Å². The third kappa shape index (κ3) is 3.26. The van der Waals surface area contributed by atoms with Gasteiger partial charge in [0, 0.05) is 29.7 Å². The molecule has 0 aliphatic heterocycles. The summed E-state index contributed by atoms with van der Waals surface area (Å²) in [6.45, 7) is 2.84. The van der Waals surface area contributed by atoms with Crippen LogP contribution in [0.15, 0.2) is 24.3 Å². The summed E-state index contributed by atoms with van der Waals surface area (Å²) in [4.78, 5) is 14.7. The molecule has 0 aliphatic carbocycles. The molecule has 2 aromatic rings. The molecular weight excluding hydrogens is 242 g/mol. The third-order valence-corrected chi connectivity index (χ3v) is 3.08. The van der Waals surface area contributed by atoms with Crippen LogP contribution in [-0.4, -0.2) is 35.8 Å². The number of carbonyl (C=O) groups is 1. The van der Waals surface area contributed by atoms with Crippen LogP contribution in [0.3, 0.4) is 0 Å². The van der Waals surface area contributed by atoms with Crippen LogP contribution < -0.4 is 10.6 Å². The van der Waals surface area contributed by atoms with Crippen LogP contribution in [-0.2, 0) is 6.42 Å². The Kier molecular flexibility index (Phi) is 4.41. The summed E-state index contributed by atoms with van der Waals surface area (Å²) < 4.78 is 0. The van der Waals surface area contributed by atoms with Crippen molar-refractivity contribution < 1.29 is 9.90 Å². The number of aliphatic hydroxyl groups is 1. The number of amides is 2. The highest BCUT2D eigenvalue weighted by Crippen LogP contribution is 2.21. The number of aromatic amines is 1. The molecule has 5 nitrogen and oxygen atoms in total. The zero-order valence-corrected chi connectivity index (χ0v) is 11.0. The van der Waals surface area contributed by atoms with Gasteiger partial charge in [-0.25, -0.2) is 4.79 Å². The number of fused-ring (bicyclic) bond motifs is 1. The molecular formula is C14H19N3O2. The number of aromatic nitrogens is 1. The molecule has 0 saturated carbocycles. The number of hydrogen-bond donors (Lipinski definition) is 4. The van der Waals surface area contributed by atoms with Crippen molar-refractivity contribution in [3.8, 4) is 0 Å². The number of H-pyrrole nitrogens is 1. The van der Waals surface area contributed by atoms with E-state index in [1.54, 1.807) is 0 Å². The zero-order chi connectivity index (χ0) is 13.7. The zero-order valence-electron chi connectivity index (χ0n) is 11.0. The summed E-state index contributed by atoms with van der Waals surface area (Å²) >= 11 is 0. The van der Waals surface area contributed by atoms with Crippen molar-refractivity contribution in [1.82, 2.24) is 15.6 Å². The van der Waals surface area contributed by atoms with E-state index in [0.29, 0.717) is 6.54 Å². The second kappa shape index (κ2) is 6.24. The van der Waals surface area contributed by atoms with E-state index in [1.807, 2.05) is 25.1 Å². The highest BCUT2D eigenvalue weighted by Gasteiger charge is 2.07. The van der Waals surface area contributed by atoms with Crippen LogP contribution in [0.5, 0.6) is 0 Å². The fourth-order valence-electron chi connectivity index (χ4n) is 2.19. The van der Waals surface area contributed by atoms with Crippen LogP contribution in [0.2, 0.25) is 0 Å². The number of hydrogen-bond acceptors (Lipinski definition) is 2. The smallest absolute Gasteiger partial charge is 0.314 e. The van der Waals surface area contributed by atoms with Gasteiger partial charge in [0.2, 0.25) is 0 Å². The van der Waals surface area contributed by atoms with E-state index in [2.05, 4.69) is 21.7 Å². The Bertz CT molecular complexity index is 563. The fourth-order valence-corrected chi connectivity index (χ4v) is 2.19. The molecule has 0 unspecified atom stereocenters. The molecule has 0 bridgehead atoms. The molecule has 0 aliphatic rings. The molecule has 102 valence electrons. The van der Waals surface area contributed by atoms with Crippen molar-refractivity contribution in [1.29, 1.82) is 0 Å². The van der Waals surface area contributed by atoms with Crippen LogP contribution >= 0.6 is 0 Å². The predicted octanol–water partition coefficient (Wildman–Crippen LogP) is 1.31. The van der Waals surface area contributed by atoms with Gasteiger partial charge in [-0.1, -0.05) is 18.2 Å². The van der Waals surface area contributed by atoms with E-state index in [0.717, 1.165) is 17.6 Å². The summed E-state index contributed by atoms with van der Waals surface area (Å²) in [5.74, 6) is 0. The summed E-state index contributed by atoms with van der Waals surface area (Å²) in [5, 5.41) is 15.1. The molecule has 2 rings (SSSR count). The third-order valence-electron chi connectivity index (χ3n) is 3.08. The lowest BCUT2D eigenvalue weighted by atomic mass is 10.1. The van der Waals surface area contributed by atoms with Crippen molar-refractivity contribution in [2.75, 3.05) is 19.7 Å². The SMILES string of the molecule is Cc1[nH]c2ccccc2c1CCNC(=O)NCCO. The van der Waals surface area contributed by atoms with Gasteiger partial charge in [0.05, 0.1) is 6.61 Å². The Hall–Kier alpha value is -2.01. The lowest BCUT2D eigenvalue weighted by Gasteiger charge is -2.06. The minimum atomic E-state index is -0.244. The van der Waals surface area contributed by atoms with Crippen molar-refractivity contribution in [3.63, 3.8) is 0 Å². The molecule has 4 N–H and O–H groups in total. The second-order valence-corrected chi connectivity index (χ2v) is 4.43. The first-order valence-electron chi connectivity index (χ1n) is 6.41. The predicted molar refractivity (Wildman–Crippen MR) is 75.2 cm³/mol. The maximum atomic E-state index is 11.3. The summed E-state index contributed by atoms with van der Waals surface area (Å²) in [6, 6.07) is 7.91. The average molecular weight is 261 g/mol. The van der Waals surface area contributed by atoms with Crippen LogP contribution in [0.1, 0.15) is 11.3 Å². The standard InChI is InChI=1S/C14H19N3O2/c1-10-11(6-7-15-14(19)16-8-9-18)12-4-2-3-5-13(12)17-10/h2-5,17-18H,6-9H2,1H3,(H2,15,16,19). The molecule has 0 atom stereocenters. The Morgan fingerprint density at radius 1 is 1.26 bits per heavy atom. The molecule has 1 heterocycles. The van der Waals surface area contributed by atoms with Gasteiger partial charge in [0.15, 0.2) is 0 Å². The van der Waals surface area contributed by atoms with E-state index in [4.69, 9.17) is 5.11 Å². The highest BCUT2D eigenvalue weighted by molar-refractivity contribution is 5.84. The molecule has 5 heteroatoms. The van der Waals surface area contributed by atoms with Crippen molar-refractivity contribution >= 4 is 16.9 Å². The number of para-hydroxylation sites is 1. The van der Waals surface area contributed by atoms with Crippen LogP contribution in [0, 0.1) is 6.92 Å². The number of benzene rings is 1. The van der Waals surface area contributed by atoms with E-state index >= 15 is 0 Å². The average Bonchev–Trinajstić information content (AvgIpc) is 2.73. The van der Waals surface area contributed by atoms with Crippen LogP contribution in [0.25, 0.3) is 10.9 Å². The summed E-state index contributed by atoms with van der Waals surface area (Å²) in [5.41, 5.74) is 3.50. The first-order chi connectivity index (χ1) is 9.22. The lowest BCUT2D eigenvalue weighted by Crippen LogP contribution is -2.38. The number of aryl methyl sites for hydroxylation is 1.